The quantitative estimate of drug-likeness (QED) is 0.280. The summed E-state index contributed by atoms with van der Waals surface area (Å²) >= 11 is 0. The number of epoxide rings is 1. The summed E-state index contributed by atoms with van der Waals surface area (Å²) in [5.74, 6) is 0. The third-order valence-corrected chi connectivity index (χ3v) is 6.90. The van der Waals surface area contributed by atoms with Gasteiger partial charge in [0, 0.05) is 21.3 Å². The van der Waals surface area contributed by atoms with E-state index in [1.807, 2.05) is 0 Å². The van der Waals surface area contributed by atoms with E-state index < -0.39 is 8.80 Å². The van der Waals surface area contributed by atoms with Crippen molar-refractivity contribution in [3.8, 4) is 0 Å². The molecule has 126 valence electrons. The van der Waals surface area contributed by atoms with Crippen LogP contribution < -0.4 is 0 Å². The fraction of sp³-hybridized carbons (Fsp3) is 1.00. The van der Waals surface area contributed by atoms with Crippen LogP contribution in [0.2, 0.25) is 0 Å². The monoisotopic (exact) mass is 320 g/mol. The van der Waals surface area contributed by atoms with Crippen molar-refractivity contribution in [1.82, 2.24) is 0 Å². The Bertz CT molecular complexity index is 248. The highest BCUT2D eigenvalue weighted by atomic mass is 28.4. The summed E-state index contributed by atoms with van der Waals surface area (Å²) < 4.78 is 27.9. The van der Waals surface area contributed by atoms with Crippen molar-refractivity contribution in [3.05, 3.63) is 0 Å². The minimum Gasteiger partial charge on any atom is -0.375 e. The lowest BCUT2D eigenvalue weighted by Crippen LogP contribution is -2.55. The lowest BCUT2D eigenvalue weighted by Gasteiger charge is -2.32. The normalized spacial score (nSPS) is 19.7. The van der Waals surface area contributed by atoms with Gasteiger partial charge in [-0.25, -0.2) is 0 Å². The number of hydrogen-bond acceptors (Lipinski definition) is 5. The summed E-state index contributed by atoms with van der Waals surface area (Å²) in [7, 11) is 2.19. The van der Waals surface area contributed by atoms with E-state index in [9.17, 15) is 0 Å². The standard InChI is InChI=1S/C15H32O5Si/c1-5-6-7-8-9-10-11-15(20-13-14-12-19-14)21(16-2,17-3)18-4/h14-15H,5-13H2,1-4H3. The van der Waals surface area contributed by atoms with Gasteiger partial charge in [-0.05, 0) is 6.42 Å². The molecule has 1 rings (SSSR count). The van der Waals surface area contributed by atoms with E-state index in [2.05, 4.69) is 6.92 Å². The molecule has 1 saturated heterocycles. The molecule has 0 amide bonds. The molecule has 0 aromatic carbocycles. The molecule has 21 heavy (non-hydrogen) atoms. The fourth-order valence-corrected chi connectivity index (χ4v) is 4.65. The van der Waals surface area contributed by atoms with E-state index in [1.54, 1.807) is 21.3 Å². The van der Waals surface area contributed by atoms with Gasteiger partial charge in [-0.3, -0.25) is 0 Å². The molecule has 1 aliphatic heterocycles. The molecule has 0 spiro atoms. The molecule has 1 heterocycles. The SMILES string of the molecule is CCCCCCCCC(OCC1CO1)[Si](OC)(OC)OC. The van der Waals surface area contributed by atoms with Gasteiger partial charge in [-0.15, -0.1) is 0 Å². The molecule has 1 aliphatic rings. The maximum absolute atomic E-state index is 5.99. The molecule has 0 aromatic heterocycles. The number of unbranched alkanes of at least 4 members (excludes halogenated alkanes) is 5. The average molecular weight is 321 g/mol. The predicted octanol–water partition coefficient (Wildman–Crippen LogP) is 2.94. The van der Waals surface area contributed by atoms with Gasteiger partial charge in [0.1, 0.15) is 11.8 Å². The highest BCUT2D eigenvalue weighted by molar-refractivity contribution is 6.62. The zero-order valence-corrected chi connectivity index (χ0v) is 15.1. The van der Waals surface area contributed by atoms with E-state index in [0.29, 0.717) is 6.61 Å². The maximum Gasteiger partial charge on any atom is 0.530 e. The molecular weight excluding hydrogens is 288 g/mol. The number of hydrogen-bond donors (Lipinski definition) is 0. The first-order valence-corrected chi connectivity index (χ1v) is 9.91. The van der Waals surface area contributed by atoms with Crippen LogP contribution in [0.4, 0.5) is 0 Å². The van der Waals surface area contributed by atoms with Crippen LogP contribution in [0, 0.1) is 0 Å². The van der Waals surface area contributed by atoms with Crippen molar-refractivity contribution < 1.29 is 22.8 Å². The first-order valence-electron chi connectivity index (χ1n) is 8.11. The van der Waals surface area contributed by atoms with Crippen molar-refractivity contribution in [2.75, 3.05) is 34.5 Å². The van der Waals surface area contributed by atoms with Gasteiger partial charge >= 0.3 is 8.80 Å². The zero-order valence-electron chi connectivity index (χ0n) is 14.1. The van der Waals surface area contributed by atoms with Crippen LogP contribution in [0.15, 0.2) is 0 Å². The molecule has 0 aliphatic carbocycles. The van der Waals surface area contributed by atoms with Crippen LogP contribution in [-0.4, -0.2) is 55.2 Å². The van der Waals surface area contributed by atoms with Gasteiger partial charge in [-0.1, -0.05) is 45.4 Å². The van der Waals surface area contributed by atoms with E-state index in [-0.39, 0.29) is 11.8 Å². The average Bonchev–Trinajstić information content (AvgIpc) is 3.33. The molecule has 6 heteroatoms. The van der Waals surface area contributed by atoms with E-state index >= 15 is 0 Å². The van der Waals surface area contributed by atoms with Gasteiger partial charge in [-0.2, -0.15) is 0 Å². The summed E-state index contributed by atoms with van der Waals surface area (Å²) in [4.78, 5) is 0. The lowest BCUT2D eigenvalue weighted by atomic mass is 10.1. The van der Waals surface area contributed by atoms with Gasteiger partial charge < -0.3 is 22.8 Å². The Morgan fingerprint density at radius 3 is 2.10 bits per heavy atom. The summed E-state index contributed by atoms with van der Waals surface area (Å²) in [6.45, 7) is 3.64. The Morgan fingerprint density at radius 1 is 1.00 bits per heavy atom. The summed E-state index contributed by atoms with van der Waals surface area (Å²) in [5, 5.41) is 0. The highest BCUT2D eigenvalue weighted by Crippen LogP contribution is 2.23. The predicted molar refractivity (Wildman–Crippen MR) is 84.3 cm³/mol. The van der Waals surface area contributed by atoms with Crippen molar-refractivity contribution >= 4 is 8.80 Å². The van der Waals surface area contributed by atoms with E-state index in [1.165, 1.54) is 32.1 Å². The molecule has 0 saturated carbocycles. The molecule has 0 bridgehead atoms. The van der Waals surface area contributed by atoms with Crippen molar-refractivity contribution in [2.24, 2.45) is 0 Å². The fourth-order valence-electron chi connectivity index (χ4n) is 2.50. The zero-order chi connectivity index (χ0) is 15.6. The second-order valence-corrected chi connectivity index (χ2v) is 8.63. The molecular formula is C15H32O5Si. The Kier molecular flexibility index (Phi) is 9.71. The maximum atomic E-state index is 5.99. The van der Waals surface area contributed by atoms with Crippen LogP contribution in [0.1, 0.15) is 51.9 Å². The second kappa shape index (κ2) is 10.7. The molecule has 0 N–H and O–H groups in total. The Morgan fingerprint density at radius 2 is 1.57 bits per heavy atom. The van der Waals surface area contributed by atoms with Gasteiger partial charge in [0.05, 0.1) is 13.2 Å². The smallest absolute Gasteiger partial charge is 0.375 e. The van der Waals surface area contributed by atoms with Crippen LogP contribution in [0.3, 0.4) is 0 Å². The van der Waals surface area contributed by atoms with Crippen LogP contribution in [0.5, 0.6) is 0 Å². The Balaban J connectivity index is 2.38. The van der Waals surface area contributed by atoms with E-state index in [4.69, 9.17) is 22.8 Å². The minimum atomic E-state index is -2.74. The summed E-state index contributed by atoms with van der Waals surface area (Å²) in [5.41, 5.74) is -0.104. The Labute approximate surface area is 130 Å². The molecule has 1 fully saturated rings. The van der Waals surface area contributed by atoms with Crippen LogP contribution in [-0.2, 0) is 22.8 Å². The Hall–Kier alpha value is 0.0169. The van der Waals surface area contributed by atoms with Gasteiger partial charge in [0.25, 0.3) is 0 Å². The van der Waals surface area contributed by atoms with Crippen molar-refractivity contribution in [2.45, 2.75) is 63.7 Å². The summed E-state index contributed by atoms with van der Waals surface area (Å²) in [6, 6.07) is 0. The third kappa shape index (κ3) is 6.75. The largest absolute Gasteiger partial charge is 0.530 e. The molecule has 0 radical (unpaired) electrons. The first-order chi connectivity index (χ1) is 10.2. The first kappa shape index (κ1) is 19.1. The number of ether oxygens (including phenoxy) is 2. The minimum absolute atomic E-state index is 0.104. The molecule has 2 atom stereocenters. The van der Waals surface area contributed by atoms with Crippen LogP contribution in [0.25, 0.3) is 0 Å². The number of rotatable bonds is 14. The molecule has 5 nitrogen and oxygen atoms in total. The van der Waals surface area contributed by atoms with E-state index in [0.717, 1.165) is 19.4 Å². The van der Waals surface area contributed by atoms with Crippen molar-refractivity contribution in [3.63, 3.8) is 0 Å². The second-order valence-electron chi connectivity index (χ2n) is 5.55. The van der Waals surface area contributed by atoms with Gasteiger partial charge in [0.15, 0.2) is 0 Å². The van der Waals surface area contributed by atoms with Crippen LogP contribution >= 0.6 is 0 Å². The topological polar surface area (TPSA) is 49.5 Å². The van der Waals surface area contributed by atoms with Gasteiger partial charge in [0.2, 0.25) is 0 Å². The van der Waals surface area contributed by atoms with Crippen molar-refractivity contribution in [1.29, 1.82) is 0 Å². The highest BCUT2D eigenvalue weighted by Gasteiger charge is 2.48. The molecule has 2 unspecified atom stereocenters. The molecule has 0 aromatic rings. The third-order valence-electron chi connectivity index (χ3n) is 3.95. The lowest BCUT2D eigenvalue weighted by molar-refractivity contribution is 0.00344. The summed E-state index contributed by atoms with van der Waals surface area (Å²) in [6.07, 6.45) is 8.71.